The fraction of sp³-hybridized carbons (Fsp3) is 0.267. The number of halogens is 2. The third-order valence-corrected chi connectivity index (χ3v) is 5.12. The Kier molecular flexibility index (Phi) is 6.36. The van der Waals surface area contributed by atoms with Crippen LogP contribution in [0.2, 0.25) is 5.02 Å². The van der Waals surface area contributed by atoms with Crippen LogP contribution >= 0.6 is 27.5 Å². The number of nitrogens with one attached hydrogen (secondary N) is 1. The Morgan fingerprint density at radius 1 is 1.36 bits per heavy atom. The quantitative estimate of drug-likeness (QED) is 0.489. The molecule has 2 N–H and O–H groups in total. The molecule has 1 aromatic carbocycles. The summed E-state index contributed by atoms with van der Waals surface area (Å²) >= 11 is 8.97. The number of benzene rings is 1. The number of anilines is 1. The molecule has 0 unspecified atom stereocenters. The van der Waals surface area contributed by atoms with Crippen molar-refractivity contribution >= 4 is 49.4 Å². The third kappa shape index (κ3) is 5.13. The molecule has 136 valence electrons. The zero-order chi connectivity index (χ0) is 18.6. The van der Waals surface area contributed by atoms with Gasteiger partial charge in [0.2, 0.25) is 21.5 Å². The molecule has 1 aromatic heterocycles. The molecule has 25 heavy (non-hydrogen) atoms. The third-order valence-electron chi connectivity index (χ3n) is 2.99. The number of hydrogen-bond acceptors (Lipinski definition) is 6. The highest BCUT2D eigenvalue weighted by Gasteiger charge is 2.27. The SMILES string of the molecule is CC(=O)Oc1c(NS(=O)(=O)CCCBr)oc(-c2ccc(Cl)cc2)c1O. The number of rotatable bonds is 7. The van der Waals surface area contributed by atoms with Crippen molar-refractivity contribution in [3.8, 4) is 22.8 Å². The van der Waals surface area contributed by atoms with E-state index >= 15 is 0 Å². The molecule has 0 saturated carbocycles. The molecule has 1 heterocycles. The molecule has 0 saturated heterocycles. The highest BCUT2D eigenvalue weighted by molar-refractivity contribution is 9.09. The van der Waals surface area contributed by atoms with E-state index in [9.17, 15) is 18.3 Å². The number of alkyl halides is 1. The summed E-state index contributed by atoms with van der Waals surface area (Å²) in [5.74, 6) is -2.20. The summed E-state index contributed by atoms with van der Waals surface area (Å²) in [7, 11) is -3.74. The zero-order valence-electron chi connectivity index (χ0n) is 13.1. The molecule has 10 heteroatoms. The van der Waals surface area contributed by atoms with Gasteiger partial charge in [0.05, 0.1) is 5.75 Å². The van der Waals surface area contributed by atoms with E-state index < -0.39 is 21.7 Å². The maximum Gasteiger partial charge on any atom is 0.308 e. The van der Waals surface area contributed by atoms with Gasteiger partial charge in [-0.1, -0.05) is 27.5 Å². The smallest absolute Gasteiger partial charge is 0.308 e. The van der Waals surface area contributed by atoms with Crippen LogP contribution in [-0.4, -0.2) is 30.6 Å². The first-order chi connectivity index (χ1) is 11.7. The molecule has 0 spiro atoms. The summed E-state index contributed by atoms with van der Waals surface area (Å²) in [4.78, 5) is 11.3. The molecule has 0 aliphatic rings. The lowest BCUT2D eigenvalue weighted by molar-refractivity contribution is -0.131. The fourth-order valence-electron chi connectivity index (χ4n) is 1.95. The molecule has 0 aliphatic carbocycles. The number of aromatic hydroxyl groups is 1. The van der Waals surface area contributed by atoms with Crippen molar-refractivity contribution in [1.29, 1.82) is 0 Å². The lowest BCUT2D eigenvalue weighted by Crippen LogP contribution is -2.17. The van der Waals surface area contributed by atoms with E-state index in [1.807, 2.05) is 0 Å². The Labute approximate surface area is 158 Å². The number of sulfonamides is 1. The van der Waals surface area contributed by atoms with E-state index in [2.05, 4.69) is 20.7 Å². The summed E-state index contributed by atoms with van der Waals surface area (Å²) in [6.07, 6.45) is 0.370. The van der Waals surface area contributed by atoms with E-state index in [1.54, 1.807) is 24.3 Å². The van der Waals surface area contributed by atoms with Gasteiger partial charge in [-0.2, -0.15) is 0 Å². The lowest BCUT2D eigenvalue weighted by Gasteiger charge is -2.06. The van der Waals surface area contributed by atoms with Crippen LogP contribution in [0.25, 0.3) is 11.3 Å². The normalized spacial score (nSPS) is 11.3. The summed E-state index contributed by atoms with van der Waals surface area (Å²) in [5.41, 5.74) is 0.432. The van der Waals surface area contributed by atoms with Crippen molar-refractivity contribution in [2.45, 2.75) is 13.3 Å². The number of carbonyl (C=O) groups is 1. The van der Waals surface area contributed by atoms with Crippen LogP contribution in [0.1, 0.15) is 13.3 Å². The predicted molar refractivity (Wildman–Crippen MR) is 97.9 cm³/mol. The second-order valence-electron chi connectivity index (χ2n) is 5.00. The van der Waals surface area contributed by atoms with Crippen LogP contribution in [0.5, 0.6) is 11.5 Å². The average Bonchev–Trinajstić information content (AvgIpc) is 2.82. The maximum atomic E-state index is 12.1. The van der Waals surface area contributed by atoms with E-state index in [0.717, 1.165) is 6.92 Å². The van der Waals surface area contributed by atoms with Crippen LogP contribution in [0, 0.1) is 0 Å². The summed E-state index contributed by atoms with van der Waals surface area (Å²) in [6, 6.07) is 6.29. The van der Waals surface area contributed by atoms with Gasteiger partial charge in [0.1, 0.15) is 0 Å². The van der Waals surface area contributed by atoms with Crippen molar-refractivity contribution in [3.63, 3.8) is 0 Å². The van der Waals surface area contributed by atoms with Crippen molar-refractivity contribution < 1.29 is 27.5 Å². The average molecular weight is 453 g/mol. The first-order valence-corrected chi connectivity index (χ1v) is 10.2. The Hall–Kier alpha value is -1.71. The standard InChI is InChI=1S/C15H15BrClNO6S/c1-9(19)23-14-12(20)13(10-3-5-11(17)6-4-10)24-15(14)18-25(21,22)8-2-7-16/h3-6,18,20H,2,7-8H2,1H3. The molecule has 0 bridgehead atoms. The summed E-state index contributed by atoms with van der Waals surface area (Å²) < 4.78 is 36.6. The van der Waals surface area contributed by atoms with Gasteiger partial charge in [-0.05, 0) is 30.7 Å². The van der Waals surface area contributed by atoms with Gasteiger partial charge < -0.3 is 14.3 Å². The summed E-state index contributed by atoms with van der Waals surface area (Å²) in [5, 5.41) is 11.3. The second kappa shape index (κ2) is 8.11. The maximum absolute atomic E-state index is 12.1. The van der Waals surface area contributed by atoms with Gasteiger partial charge in [0.25, 0.3) is 5.88 Å². The number of hydrogen-bond donors (Lipinski definition) is 2. The number of carbonyl (C=O) groups excluding carboxylic acids is 1. The van der Waals surface area contributed by atoms with Gasteiger partial charge >= 0.3 is 5.97 Å². The van der Waals surface area contributed by atoms with Crippen molar-refractivity contribution in [1.82, 2.24) is 0 Å². The van der Waals surface area contributed by atoms with Crippen molar-refractivity contribution in [2.24, 2.45) is 0 Å². The molecule has 0 fully saturated rings. The molecule has 2 aromatic rings. The number of furan rings is 1. The Bertz CT molecular complexity index is 863. The molecule has 0 aliphatic heterocycles. The van der Waals surface area contributed by atoms with E-state index in [4.69, 9.17) is 20.8 Å². The van der Waals surface area contributed by atoms with Gasteiger partial charge in [-0.15, -0.1) is 0 Å². The molecule has 7 nitrogen and oxygen atoms in total. The first kappa shape index (κ1) is 19.6. The Morgan fingerprint density at radius 2 is 2.00 bits per heavy atom. The molecule has 2 rings (SSSR count). The monoisotopic (exact) mass is 451 g/mol. The van der Waals surface area contributed by atoms with Crippen molar-refractivity contribution in [3.05, 3.63) is 29.3 Å². The van der Waals surface area contributed by atoms with Crippen LogP contribution < -0.4 is 9.46 Å². The Morgan fingerprint density at radius 3 is 2.56 bits per heavy atom. The molecule has 0 amide bonds. The van der Waals surface area contributed by atoms with Gasteiger partial charge in [-0.3, -0.25) is 4.79 Å². The van der Waals surface area contributed by atoms with Gasteiger partial charge in [0.15, 0.2) is 5.76 Å². The van der Waals surface area contributed by atoms with Crippen LogP contribution in [-0.2, 0) is 14.8 Å². The van der Waals surface area contributed by atoms with E-state index in [-0.39, 0.29) is 23.1 Å². The molecule has 0 atom stereocenters. The second-order valence-corrected chi connectivity index (χ2v) is 8.07. The van der Waals surface area contributed by atoms with E-state index in [0.29, 0.717) is 22.3 Å². The zero-order valence-corrected chi connectivity index (χ0v) is 16.2. The number of ether oxygens (including phenoxy) is 1. The predicted octanol–water partition coefficient (Wildman–Crippen LogP) is 3.76. The fourth-order valence-corrected chi connectivity index (χ4v) is 3.77. The highest BCUT2D eigenvalue weighted by atomic mass is 79.9. The van der Waals surface area contributed by atoms with Crippen LogP contribution in [0.4, 0.5) is 5.88 Å². The minimum Gasteiger partial charge on any atom is -0.502 e. The van der Waals surface area contributed by atoms with Crippen LogP contribution in [0.3, 0.4) is 0 Å². The first-order valence-electron chi connectivity index (χ1n) is 7.10. The molecular formula is C15H15BrClNO6S. The van der Waals surface area contributed by atoms with Gasteiger partial charge in [-0.25, -0.2) is 13.1 Å². The minimum absolute atomic E-state index is 0.0499. The lowest BCUT2D eigenvalue weighted by atomic mass is 10.1. The minimum atomic E-state index is -3.74. The van der Waals surface area contributed by atoms with Gasteiger partial charge in [0, 0.05) is 22.8 Å². The topological polar surface area (TPSA) is 106 Å². The van der Waals surface area contributed by atoms with Crippen LogP contribution in [0.15, 0.2) is 28.7 Å². The highest BCUT2D eigenvalue weighted by Crippen LogP contribution is 2.46. The Balaban J connectivity index is 2.45. The van der Waals surface area contributed by atoms with E-state index in [1.165, 1.54) is 0 Å². The number of esters is 1. The molecular weight excluding hydrogens is 438 g/mol. The van der Waals surface area contributed by atoms with Crippen molar-refractivity contribution in [2.75, 3.05) is 15.8 Å². The molecule has 0 radical (unpaired) electrons. The largest absolute Gasteiger partial charge is 0.502 e. The summed E-state index contributed by atoms with van der Waals surface area (Å²) in [6.45, 7) is 1.12.